The summed E-state index contributed by atoms with van der Waals surface area (Å²) in [6.45, 7) is 3.18. The van der Waals surface area contributed by atoms with Crippen molar-refractivity contribution >= 4 is 57.4 Å². The minimum atomic E-state index is -0.228. The van der Waals surface area contributed by atoms with Crippen molar-refractivity contribution in [2.75, 3.05) is 50.2 Å². The predicted molar refractivity (Wildman–Crippen MR) is 171 cm³/mol. The summed E-state index contributed by atoms with van der Waals surface area (Å²) in [5, 5.41) is 0. The second kappa shape index (κ2) is 11.9. The zero-order valence-electron chi connectivity index (χ0n) is 23.2. The number of hydrogen-bond donors (Lipinski definition) is 0. The number of rotatable bonds is 7. The number of pyridine rings is 1. The van der Waals surface area contributed by atoms with E-state index in [1.807, 2.05) is 48.5 Å². The predicted octanol–water partition coefficient (Wildman–Crippen LogP) is 4.44. The Morgan fingerprint density at radius 1 is 0.881 bits per heavy atom. The maximum Gasteiger partial charge on any atom is 0.267 e. The maximum absolute atomic E-state index is 13.8. The molecule has 0 atom stereocenters. The number of thioether (sulfide) groups is 1. The summed E-state index contributed by atoms with van der Waals surface area (Å²) in [5.74, 6) is 1.90. The van der Waals surface area contributed by atoms with Gasteiger partial charge in [-0.2, -0.15) is 0 Å². The molecule has 2 aromatic carbocycles. The van der Waals surface area contributed by atoms with Crippen LogP contribution in [0.2, 0.25) is 0 Å². The van der Waals surface area contributed by atoms with Gasteiger partial charge in [0.1, 0.15) is 27.3 Å². The second-order valence-electron chi connectivity index (χ2n) is 9.87. The standard InChI is InChI=1S/C31H29N5O4S2/c1-39-23-10-6-21(7-11-23)20-36-30(38)26(42-31(36)41)19-25-28(32-27-5-3-4-14-35(27)29(25)37)34-17-15-33(16-18-34)22-8-12-24(40-2)13-9-22/h3-14,19H,15-18,20H2,1-2H3/b26-19-. The van der Waals surface area contributed by atoms with E-state index in [-0.39, 0.29) is 11.5 Å². The summed E-state index contributed by atoms with van der Waals surface area (Å²) < 4.78 is 12.5. The summed E-state index contributed by atoms with van der Waals surface area (Å²) in [6, 6.07) is 21.0. The van der Waals surface area contributed by atoms with Crippen molar-refractivity contribution in [2.24, 2.45) is 0 Å². The van der Waals surface area contributed by atoms with Crippen LogP contribution in [-0.4, -0.2) is 64.9 Å². The van der Waals surface area contributed by atoms with Crippen LogP contribution in [0.1, 0.15) is 11.1 Å². The molecule has 6 rings (SSSR count). The summed E-state index contributed by atoms with van der Waals surface area (Å²) >= 11 is 6.79. The van der Waals surface area contributed by atoms with Gasteiger partial charge in [-0.3, -0.25) is 18.9 Å². The Hall–Kier alpha value is -4.35. The highest BCUT2D eigenvalue weighted by atomic mass is 32.2. The number of methoxy groups -OCH3 is 2. The van der Waals surface area contributed by atoms with Gasteiger partial charge in [-0.15, -0.1) is 0 Å². The summed E-state index contributed by atoms with van der Waals surface area (Å²) in [5.41, 5.74) is 2.74. The molecular weight excluding hydrogens is 571 g/mol. The van der Waals surface area contributed by atoms with E-state index in [0.29, 0.717) is 45.9 Å². The number of benzene rings is 2. The first-order chi connectivity index (χ1) is 20.4. The fraction of sp³-hybridized carbons (Fsp3) is 0.226. The Morgan fingerprint density at radius 3 is 2.19 bits per heavy atom. The Bertz CT molecular complexity index is 1730. The fourth-order valence-corrected chi connectivity index (χ4v) is 6.35. The van der Waals surface area contributed by atoms with E-state index in [0.717, 1.165) is 35.8 Å². The molecule has 0 unspecified atom stereocenters. The molecule has 0 N–H and O–H groups in total. The molecule has 1 amide bonds. The van der Waals surface area contributed by atoms with Crippen molar-refractivity contribution in [1.29, 1.82) is 0 Å². The minimum absolute atomic E-state index is 0.228. The number of nitrogens with zero attached hydrogens (tertiary/aromatic N) is 5. The Labute approximate surface area is 253 Å². The van der Waals surface area contributed by atoms with Crippen molar-refractivity contribution in [1.82, 2.24) is 14.3 Å². The molecule has 0 spiro atoms. The molecule has 0 saturated carbocycles. The second-order valence-corrected chi connectivity index (χ2v) is 11.5. The summed E-state index contributed by atoms with van der Waals surface area (Å²) in [4.78, 5) is 38.6. The molecule has 0 bridgehead atoms. The van der Waals surface area contributed by atoms with E-state index in [1.165, 1.54) is 16.2 Å². The fourth-order valence-electron chi connectivity index (χ4n) is 5.11. The van der Waals surface area contributed by atoms with Gasteiger partial charge in [-0.25, -0.2) is 4.98 Å². The van der Waals surface area contributed by atoms with Crippen LogP contribution in [0.3, 0.4) is 0 Å². The van der Waals surface area contributed by atoms with Crippen LogP contribution in [0.4, 0.5) is 11.5 Å². The normalized spacial score (nSPS) is 16.5. The molecule has 4 heterocycles. The van der Waals surface area contributed by atoms with E-state index in [4.69, 9.17) is 26.7 Å². The zero-order valence-corrected chi connectivity index (χ0v) is 24.9. The van der Waals surface area contributed by atoms with E-state index >= 15 is 0 Å². The van der Waals surface area contributed by atoms with Crippen molar-refractivity contribution in [2.45, 2.75) is 6.54 Å². The molecule has 0 radical (unpaired) electrons. The number of fused-ring (bicyclic) bond motifs is 1. The highest BCUT2D eigenvalue weighted by Gasteiger charge is 2.33. The van der Waals surface area contributed by atoms with E-state index in [2.05, 4.69) is 21.9 Å². The molecule has 2 aliphatic heterocycles. The van der Waals surface area contributed by atoms with Crippen molar-refractivity contribution < 1.29 is 14.3 Å². The topological polar surface area (TPSA) is 79.6 Å². The van der Waals surface area contributed by atoms with Crippen LogP contribution in [-0.2, 0) is 11.3 Å². The van der Waals surface area contributed by atoms with Gasteiger partial charge in [0.05, 0.1) is 31.2 Å². The van der Waals surface area contributed by atoms with Crippen LogP contribution >= 0.6 is 24.0 Å². The van der Waals surface area contributed by atoms with Gasteiger partial charge in [-0.1, -0.05) is 42.2 Å². The molecule has 42 heavy (non-hydrogen) atoms. The van der Waals surface area contributed by atoms with Crippen molar-refractivity contribution in [3.05, 3.63) is 99.3 Å². The SMILES string of the molecule is COc1ccc(CN2C(=O)/C(=C/c3c(N4CCN(c5ccc(OC)cc5)CC4)nc4ccccn4c3=O)SC2=S)cc1. The number of amides is 1. The van der Waals surface area contributed by atoms with Gasteiger partial charge in [0.2, 0.25) is 0 Å². The lowest BCUT2D eigenvalue weighted by atomic mass is 10.2. The third-order valence-electron chi connectivity index (χ3n) is 7.41. The van der Waals surface area contributed by atoms with Crippen LogP contribution in [0.25, 0.3) is 11.7 Å². The monoisotopic (exact) mass is 599 g/mol. The molecule has 2 aromatic heterocycles. The lowest BCUT2D eigenvalue weighted by Gasteiger charge is -2.37. The first-order valence-electron chi connectivity index (χ1n) is 13.5. The molecule has 4 aromatic rings. The lowest BCUT2D eigenvalue weighted by Crippen LogP contribution is -2.47. The molecule has 11 heteroatoms. The number of piperazine rings is 1. The van der Waals surface area contributed by atoms with Crippen LogP contribution in [0, 0.1) is 0 Å². The molecule has 214 valence electrons. The smallest absolute Gasteiger partial charge is 0.267 e. The molecule has 2 aliphatic rings. The van der Waals surface area contributed by atoms with Crippen LogP contribution < -0.4 is 24.8 Å². The van der Waals surface area contributed by atoms with Crippen molar-refractivity contribution in [3.63, 3.8) is 0 Å². The zero-order chi connectivity index (χ0) is 29.2. The van der Waals surface area contributed by atoms with E-state index in [1.54, 1.807) is 37.5 Å². The van der Waals surface area contributed by atoms with Crippen LogP contribution in [0.5, 0.6) is 11.5 Å². The lowest BCUT2D eigenvalue weighted by molar-refractivity contribution is -0.122. The highest BCUT2D eigenvalue weighted by Crippen LogP contribution is 2.35. The van der Waals surface area contributed by atoms with Gasteiger partial charge in [0.15, 0.2) is 0 Å². The average Bonchev–Trinajstić information content (AvgIpc) is 3.30. The number of thiocarbonyl (C=S) groups is 1. The number of carbonyl (C=O) groups is 1. The minimum Gasteiger partial charge on any atom is -0.497 e. The van der Waals surface area contributed by atoms with Gasteiger partial charge < -0.3 is 19.3 Å². The van der Waals surface area contributed by atoms with E-state index in [9.17, 15) is 9.59 Å². The summed E-state index contributed by atoms with van der Waals surface area (Å²) in [7, 11) is 3.27. The van der Waals surface area contributed by atoms with Crippen LogP contribution in [0.15, 0.2) is 82.6 Å². The summed E-state index contributed by atoms with van der Waals surface area (Å²) in [6.07, 6.45) is 3.36. The molecule has 2 saturated heterocycles. The van der Waals surface area contributed by atoms with E-state index < -0.39 is 0 Å². The Balaban J connectivity index is 1.29. The quantitative estimate of drug-likeness (QED) is 0.226. The third-order valence-corrected chi connectivity index (χ3v) is 8.79. The van der Waals surface area contributed by atoms with Gasteiger partial charge in [0, 0.05) is 38.1 Å². The maximum atomic E-state index is 13.8. The molecule has 0 aliphatic carbocycles. The number of hydrogen-bond acceptors (Lipinski definition) is 9. The number of carbonyl (C=O) groups excluding carboxylic acids is 1. The first-order valence-corrected chi connectivity index (χ1v) is 14.7. The number of anilines is 2. The number of aromatic nitrogens is 2. The molecular formula is C31H29N5O4S2. The third kappa shape index (κ3) is 5.45. The van der Waals surface area contributed by atoms with Crippen molar-refractivity contribution in [3.8, 4) is 11.5 Å². The first kappa shape index (κ1) is 27.8. The van der Waals surface area contributed by atoms with Gasteiger partial charge in [-0.05, 0) is 60.2 Å². The Kier molecular flexibility index (Phi) is 7.86. The molecule has 9 nitrogen and oxygen atoms in total. The Morgan fingerprint density at radius 2 is 1.52 bits per heavy atom. The molecule has 2 fully saturated rings. The van der Waals surface area contributed by atoms with Gasteiger partial charge in [0.25, 0.3) is 11.5 Å². The number of ether oxygens (including phenoxy) is 2. The average molecular weight is 600 g/mol. The highest BCUT2D eigenvalue weighted by molar-refractivity contribution is 8.26. The van der Waals surface area contributed by atoms with Gasteiger partial charge >= 0.3 is 0 Å². The largest absolute Gasteiger partial charge is 0.497 e.